The Morgan fingerprint density at radius 3 is 1.87 bits per heavy atom. The standard InChI is InChI=1S/C14H26O/c1-13(2,3)11-8-7-9-15-10-12(11)14(4,5)6/h7-10H2,1-6H3. The third-order valence-electron chi connectivity index (χ3n) is 3.14. The molecule has 0 spiro atoms. The lowest BCUT2D eigenvalue weighted by atomic mass is 9.74. The van der Waals surface area contributed by atoms with Crippen LogP contribution < -0.4 is 0 Å². The fourth-order valence-corrected chi connectivity index (χ4v) is 2.26. The first-order valence-corrected chi connectivity index (χ1v) is 6.03. The highest BCUT2D eigenvalue weighted by molar-refractivity contribution is 5.26. The van der Waals surface area contributed by atoms with Gasteiger partial charge in [0.25, 0.3) is 0 Å². The van der Waals surface area contributed by atoms with Gasteiger partial charge in [-0.15, -0.1) is 0 Å². The molecule has 15 heavy (non-hydrogen) atoms. The van der Waals surface area contributed by atoms with Gasteiger partial charge in [-0.1, -0.05) is 47.1 Å². The zero-order chi connectivity index (χ0) is 11.7. The molecule has 0 unspecified atom stereocenters. The smallest absolute Gasteiger partial charge is 0.0684 e. The topological polar surface area (TPSA) is 9.23 Å². The molecule has 0 saturated heterocycles. The van der Waals surface area contributed by atoms with Gasteiger partial charge < -0.3 is 4.74 Å². The summed E-state index contributed by atoms with van der Waals surface area (Å²) in [6, 6.07) is 0. The van der Waals surface area contributed by atoms with E-state index in [2.05, 4.69) is 41.5 Å². The molecule has 0 aromatic heterocycles. The lowest BCUT2D eigenvalue weighted by Gasteiger charge is -2.32. The van der Waals surface area contributed by atoms with E-state index >= 15 is 0 Å². The number of ether oxygens (including phenoxy) is 1. The van der Waals surface area contributed by atoms with Crippen LogP contribution in [0.15, 0.2) is 11.1 Å². The Labute approximate surface area is 94.9 Å². The predicted molar refractivity (Wildman–Crippen MR) is 66.0 cm³/mol. The summed E-state index contributed by atoms with van der Waals surface area (Å²) in [7, 11) is 0. The summed E-state index contributed by atoms with van der Waals surface area (Å²) in [5.41, 5.74) is 3.67. The molecular weight excluding hydrogens is 184 g/mol. The molecule has 0 atom stereocenters. The third kappa shape index (κ3) is 3.34. The van der Waals surface area contributed by atoms with Crippen molar-refractivity contribution in [3.63, 3.8) is 0 Å². The molecule has 1 rings (SSSR count). The molecule has 1 heterocycles. The van der Waals surface area contributed by atoms with Crippen molar-refractivity contribution in [2.24, 2.45) is 10.8 Å². The molecule has 0 amide bonds. The van der Waals surface area contributed by atoms with Crippen LogP contribution in [0.5, 0.6) is 0 Å². The van der Waals surface area contributed by atoms with E-state index in [9.17, 15) is 0 Å². The summed E-state index contributed by atoms with van der Waals surface area (Å²) >= 11 is 0. The maximum absolute atomic E-state index is 5.70. The molecule has 0 radical (unpaired) electrons. The van der Waals surface area contributed by atoms with Crippen molar-refractivity contribution in [1.29, 1.82) is 0 Å². The SMILES string of the molecule is CC(C)(C)C1=C(C(C)(C)C)COCCC1. The van der Waals surface area contributed by atoms with Crippen molar-refractivity contribution < 1.29 is 4.74 Å². The van der Waals surface area contributed by atoms with Gasteiger partial charge in [0.15, 0.2) is 0 Å². The van der Waals surface area contributed by atoms with Crippen LogP contribution in [-0.2, 0) is 4.74 Å². The lowest BCUT2D eigenvalue weighted by Crippen LogP contribution is -2.21. The first-order chi connectivity index (χ1) is 6.73. The van der Waals surface area contributed by atoms with Gasteiger partial charge >= 0.3 is 0 Å². The number of hydrogen-bond donors (Lipinski definition) is 0. The molecule has 1 nitrogen and oxygen atoms in total. The number of rotatable bonds is 0. The van der Waals surface area contributed by atoms with Gasteiger partial charge in [-0.05, 0) is 29.2 Å². The summed E-state index contributed by atoms with van der Waals surface area (Å²) in [6.45, 7) is 15.6. The van der Waals surface area contributed by atoms with Crippen molar-refractivity contribution in [3.05, 3.63) is 11.1 Å². The van der Waals surface area contributed by atoms with E-state index in [1.54, 1.807) is 5.57 Å². The Balaban J connectivity index is 3.13. The van der Waals surface area contributed by atoms with Gasteiger partial charge in [-0.25, -0.2) is 0 Å². The van der Waals surface area contributed by atoms with Crippen molar-refractivity contribution in [3.8, 4) is 0 Å². The highest BCUT2D eigenvalue weighted by atomic mass is 16.5. The molecule has 0 aromatic carbocycles. The number of allylic oxidation sites excluding steroid dienone is 1. The largest absolute Gasteiger partial charge is 0.377 e. The van der Waals surface area contributed by atoms with Crippen LogP contribution in [0.25, 0.3) is 0 Å². The molecule has 1 heteroatoms. The third-order valence-corrected chi connectivity index (χ3v) is 3.14. The lowest BCUT2D eigenvalue weighted by molar-refractivity contribution is 0.148. The van der Waals surface area contributed by atoms with Crippen LogP contribution in [-0.4, -0.2) is 13.2 Å². The van der Waals surface area contributed by atoms with Crippen molar-refractivity contribution in [2.45, 2.75) is 54.4 Å². The van der Waals surface area contributed by atoms with Gasteiger partial charge in [-0.2, -0.15) is 0 Å². The summed E-state index contributed by atoms with van der Waals surface area (Å²) in [5.74, 6) is 0. The van der Waals surface area contributed by atoms with Crippen molar-refractivity contribution in [2.75, 3.05) is 13.2 Å². The van der Waals surface area contributed by atoms with E-state index in [-0.39, 0.29) is 10.8 Å². The maximum atomic E-state index is 5.70. The monoisotopic (exact) mass is 210 g/mol. The van der Waals surface area contributed by atoms with Gasteiger partial charge in [0.2, 0.25) is 0 Å². The Morgan fingerprint density at radius 1 is 0.867 bits per heavy atom. The maximum Gasteiger partial charge on any atom is 0.0684 e. The summed E-state index contributed by atoms with van der Waals surface area (Å²) < 4.78 is 5.70. The molecule has 0 aliphatic carbocycles. The molecule has 1 aliphatic heterocycles. The second-order valence-corrected chi connectivity index (χ2v) is 6.61. The highest BCUT2D eigenvalue weighted by Gasteiger charge is 2.28. The highest BCUT2D eigenvalue weighted by Crippen LogP contribution is 2.40. The average Bonchev–Trinajstić information content (AvgIpc) is 2.24. The van der Waals surface area contributed by atoms with Crippen molar-refractivity contribution in [1.82, 2.24) is 0 Å². The minimum atomic E-state index is 0.243. The number of hydrogen-bond acceptors (Lipinski definition) is 1. The molecule has 88 valence electrons. The van der Waals surface area contributed by atoms with Crippen LogP contribution in [0.4, 0.5) is 0 Å². The first kappa shape index (κ1) is 12.8. The van der Waals surface area contributed by atoms with Crippen LogP contribution in [0.2, 0.25) is 0 Å². The van der Waals surface area contributed by atoms with Gasteiger partial charge in [0.05, 0.1) is 6.61 Å². The first-order valence-electron chi connectivity index (χ1n) is 6.03. The molecule has 0 bridgehead atoms. The van der Waals surface area contributed by atoms with E-state index in [0.717, 1.165) is 13.2 Å². The van der Waals surface area contributed by atoms with E-state index in [0.29, 0.717) is 0 Å². The molecule has 0 aromatic rings. The van der Waals surface area contributed by atoms with Crippen LogP contribution in [0.1, 0.15) is 54.4 Å². The summed E-state index contributed by atoms with van der Waals surface area (Å²) in [5, 5.41) is 0. The van der Waals surface area contributed by atoms with Crippen LogP contribution in [0, 0.1) is 10.8 Å². The second kappa shape index (κ2) is 4.29. The molecule has 1 aliphatic rings. The molecular formula is C14H26O. The van der Waals surface area contributed by atoms with E-state index in [4.69, 9.17) is 4.74 Å². The molecule has 0 saturated carbocycles. The zero-order valence-electron chi connectivity index (χ0n) is 11.2. The van der Waals surface area contributed by atoms with Crippen molar-refractivity contribution >= 4 is 0 Å². The quantitative estimate of drug-likeness (QED) is 0.545. The fraction of sp³-hybridized carbons (Fsp3) is 0.857. The van der Waals surface area contributed by atoms with Gasteiger partial charge in [0, 0.05) is 6.61 Å². The second-order valence-electron chi connectivity index (χ2n) is 6.61. The fourth-order valence-electron chi connectivity index (χ4n) is 2.26. The van der Waals surface area contributed by atoms with Crippen LogP contribution in [0.3, 0.4) is 0 Å². The minimum absolute atomic E-state index is 0.243. The van der Waals surface area contributed by atoms with Crippen LogP contribution >= 0.6 is 0 Å². The van der Waals surface area contributed by atoms with Gasteiger partial charge in [-0.3, -0.25) is 0 Å². The zero-order valence-corrected chi connectivity index (χ0v) is 11.2. The average molecular weight is 210 g/mol. The van der Waals surface area contributed by atoms with E-state index in [1.807, 2.05) is 0 Å². The Morgan fingerprint density at radius 2 is 1.40 bits per heavy atom. The summed E-state index contributed by atoms with van der Waals surface area (Å²) in [4.78, 5) is 0. The van der Waals surface area contributed by atoms with E-state index in [1.165, 1.54) is 18.4 Å². The predicted octanol–water partition coefficient (Wildman–Crippen LogP) is 4.19. The Bertz CT molecular complexity index is 221. The molecule has 0 fully saturated rings. The molecule has 0 N–H and O–H groups in total. The van der Waals surface area contributed by atoms with Gasteiger partial charge in [0.1, 0.15) is 0 Å². The van der Waals surface area contributed by atoms with E-state index < -0.39 is 0 Å². The minimum Gasteiger partial charge on any atom is -0.377 e. The normalized spacial score (nSPS) is 20.4. The Hall–Kier alpha value is -0.300. The summed E-state index contributed by atoms with van der Waals surface area (Å²) in [6.07, 6.45) is 2.38. The Kier molecular flexibility index (Phi) is 3.65.